The van der Waals surface area contributed by atoms with Gasteiger partial charge in [0.25, 0.3) is 5.91 Å². The van der Waals surface area contributed by atoms with Crippen molar-refractivity contribution in [2.45, 2.75) is 19.9 Å². The summed E-state index contributed by atoms with van der Waals surface area (Å²) in [6.45, 7) is 5.85. The van der Waals surface area contributed by atoms with Crippen LogP contribution in [0.5, 0.6) is 0 Å². The summed E-state index contributed by atoms with van der Waals surface area (Å²) in [5, 5.41) is 0. The summed E-state index contributed by atoms with van der Waals surface area (Å²) in [4.78, 5) is 40.1. The molecule has 3 aromatic rings. The summed E-state index contributed by atoms with van der Waals surface area (Å²) in [5.41, 5.74) is 3.77. The van der Waals surface area contributed by atoms with Crippen LogP contribution in [0.2, 0.25) is 0 Å². The van der Waals surface area contributed by atoms with Gasteiger partial charge in [-0.05, 0) is 24.1 Å². The maximum atomic E-state index is 13.1. The van der Waals surface area contributed by atoms with E-state index >= 15 is 0 Å². The normalized spacial score (nSPS) is 13.6. The van der Waals surface area contributed by atoms with Gasteiger partial charge in [-0.2, -0.15) is 0 Å². The largest absolute Gasteiger partial charge is 0.368 e. The van der Waals surface area contributed by atoms with E-state index in [1.807, 2.05) is 41.3 Å². The van der Waals surface area contributed by atoms with Gasteiger partial charge in [0, 0.05) is 63.8 Å². The number of hydrogen-bond acceptors (Lipinski definition) is 5. The minimum absolute atomic E-state index is 0.0736. The number of hydrogen-bond donors (Lipinski definition) is 0. The van der Waals surface area contributed by atoms with Crippen LogP contribution < -0.4 is 4.90 Å². The molecule has 0 bridgehead atoms. The van der Waals surface area contributed by atoms with Crippen LogP contribution in [0, 0.1) is 6.92 Å². The zero-order valence-electron chi connectivity index (χ0n) is 18.9. The third kappa shape index (κ3) is 5.74. The molecule has 1 fully saturated rings. The molecule has 2 aromatic carbocycles. The number of carbonyl (C=O) groups is 2. The highest BCUT2D eigenvalue weighted by atomic mass is 16.2. The van der Waals surface area contributed by atoms with E-state index in [1.54, 1.807) is 11.1 Å². The lowest BCUT2D eigenvalue weighted by atomic mass is 10.1. The van der Waals surface area contributed by atoms with E-state index in [4.69, 9.17) is 0 Å². The average Bonchev–Trinajstić information content (AvgIpc) is 2.87. The number of anilines is 1. The Morgan fingerprint density at radius 2 is 1.67 bits per heavy atom. The smallest absolute Gasteiger partial charge is 0.274 e. The molecule has 4 rings (SSSR count). The van der Waals surface area contributed by atoms with Crippen LogP contribution in [-0.4, -0.2) is 64.3 Å². The first-order valence-electron chi connectivity index (χ1n) is 11.3. The minimum Gasteiger partial charge on any atom is -0.368 e. The Labute approximate surface area is 194 Å². The summed E-state index contributed by atoms with van der Waals surface area (Å²) in [5.74, 6) is -0.145. The number of benzene rings is 2. The van der Waals surface area contributed by atoms with Gasteiger partial charge >= 0.3 is 0 Å². The molecule has 0 aliphatic carbocycles. The van der Waals surface area contributed by atoms with Crippen LogP contribution in [0.1, 0.15) is 28.0 Å². The van der Waals surface area contributed by atoms with E-state index in [9.17, 15) is 9.59 Å². The molecule has 1 aliphatic heterocycles. The van der Waals surface area contributed by atoms with E-state index < -0.39 is 0 Å². The van der Waals surface area contributed by atoms with Crippen LogP contribution in [0.4, 0.5) is 5.69 Å². The molecule has 2 heterocycles. The first-order chi connectivity index (χ1) is 16.1. The Bertz CT molecular complexity index is 1070. The number of nitrogens with zero attached hydrogens (tertiary/aromatic N) is 5. The van der Waals surface area contributed by atoms with Gasteiger partial charge in [-0.25, -0.2) is 4.98 Å². The molecule has 0 saturated carbocycles. The number of aryl methyl sites for hydroxylation is 1. The Kier molecular flexibility index (Phi) is 7.29. The van der Waals surface area contributed by atoms with E-state index in [0.717, 1.165) is 18.7 Å². The van der Waals surface area contributed by atoms with E-state index in [-0.39, 0.29) is 23.9 Å². The molecule has 33 heavy (non-hydrogen) atoms. The zero-order chi connectivity index (χ0) is 23.0. The van der Waals surface area contributed by atoms with Gasteiger partial charge < -0.3 is 14.7 Å². The summed E-state index contributed by atoms with van der Waals surface area (Å²) in [7, 11) is 0. The highest BCUT2D eigenvalue weighted by Gasteiger charge is 2.24. The monoisotopic (exact) mass is 443 g/mol. The lowest BCUT2D eigenvalue weighted by molar-refractivity contribution is -0.131. The van der Waals surface area contributed by atoms with Crippen molar-refractivity contribution in [2.75, 3.05) is 37.6 Å². The predicted octanol–water partition coefficient (Wildman–Crippen LogP) is 3.17. The van der Waals surface area contributed by atoms with Gasteiger partial charge in [-0.15, -0.1) is 0 Å². The van der Waals surface area contributed by atoms with Crippen molar-refractivity contribution in [2.24, 2.45) is 0 Å². The minimum atomic E-state index is -0.218. The quantitative estimate of drug-likeness (QED) is 0.561. The van der Waals surface area contributed by atoms with Crippen molar-refractivity contribution in [3.63, 3.8) is 0 Å². The maximum Gasteiger partial charge on any atom is 0.274 e. The molecule has 0 N–H and O–H groups in total. The zero-order valence-corrected chi connectivity index (χ0v) is 18.9. The van der Waals surface area contributed by atoms with Gasteiger partial charge in [-0.3, -0.25) is 14.6 Å². The molecule has 2 amide bonds. The topological polar surface area (TPSA) is 69.6 Å². The van der Waals surface area contributed by atoms with Crippen molar-refractivity contribution in [1.82, 2.24) is 19.8 Å². The summed E-state index contributed by atoms with van der Waals surface area (Å²) in [6.07, 6.45) is 4.79. The molecule has 1 aromatic heterocycles. The van der Waals surface area contributed by atoms with Gasteiger partial charge in [0.2, 0.25) is 5.91 Å². The highest BCUT2D eigenvalue weighted by Crippen LogP contribution is 2.21. The number of aromatic nitrogens is 2. The van der Waals surface area contributed by atoms with Gasteiger partial charge in [-0.1, -0.05) is 48.5 Å². The Balaban J connectivity index is 1.36. The first kappa shape index (κ1) is 22.5. The molecule has 0 unspecified atom stereocenters. The second-order valence-electron chi connectivity index (χ2n) is 8.21. The molecule has 7 heteroatoms. The molecule has 0 radical (unpaired) electrons. The molecule has 7 nitrogen and oxygen atoms in total. The van der Waals surface area contributed by atoms with Gasteiger partial charge in [0.1, 0.15) is 5.69 Å². The number of carbonyl (C=O) groups excluding carboxylic acids is 2. The lowest BCUT2D eigenvalue weighted by Gasteiger charge is -2.37. The lowest BCUT2D eigenvalue weighted by Crippen LogP contribution is -2.49. The van der Waals surface area contributed by atoms with Gasteiger partial charge in [0.15, 0.2) is 0 Å². The van der Waals surface area contributed by atoms with Crippen LogP contribution in [0.25, 0.3) is 0 Å². The van der Waals surface area contributed by atoms with Crippen LogP contribution in [-0.2, 0) is 11.3 Å². The Morgan fingerprint density at radius 3 is 2.36 bits per heavy atom. The molecular weight excluding hydrogens is 414 g/mol. The Morgan fingerprint density at radius 1 is 0.939 bits per heavy atom. The van der Waals surface area contributed by atoms with Gasteiger partial charge in [0.05, 0.1) is 6.20 Å². The van der Waals surface area contributed by atoms with Crippen molar-refractivity contribution >= 4 is 17.5 Å². The summed E-state index contributed by atoms with van der Waals surface area (Å²) in [6, 6.07) is 18.1. The maximum absolute atomic E-state index is 13.1. The van der Waals surface area contributed by atoms with Crippen LogP contribution in [0.15, 0.2) is 73.2 Å². The summed E-state index contributed by atoms with van der Waals surface area (Å²) >= 11 is 0. The molecule has 170 valence electrons. The Hall–Kier alpha value is -3.74. The fourth-order valence-electron chi connectivity index (χ4n) is 4.13. The molecule has 1 saturated heterocycles. The second kappa shape index (κ2) is 10.7. The average molecular weight is 444 g/mol. The van der Waals surface area contributed by atoms with Crippen LogP contribution in [0.3, 0.4) is 0 Å². The van der Waals surface area contributed by atoms with Crippen LogP contribution >= 0.6 is 0 Å². The van der Waals surface area contributed by atoms with Crippen molar-refractivity contribution in [3.8, 4) is 0 Å². The third-order valence-electron chi connectivity index (χ3n) is 5.97. The predicted molar refractivity (Wildman–Crippen MR) is 128 cm³/mol. The van der Waals surface area contributed by atoms with E-state index in [0.29, 0.717) is 26.2 Å². The first-order valence-corrected chi connectivity index (χ1v) is 11.3. The highest BCUT2D eigenvalue weighted by molar-refractivity contribution is 5.92. The molecule has 0 atom stereocenters. The molecular formula is C26H29N5O2. The fourth-order valence-corrected chi connectivity index (χ4v) is 4.13. The number of para-hydroxylation sites is 1. The van der Waals surface area contributed by atoms with Crippen molar-refractivity contribution < 1.29 is 9.59 Å². The SMILES string of the molecule is Cc1ccccc1N1CCN(C(=O)CCN(Cc2ccccc2)C(=O)c2cnccn2)CC1. The van der Waals surface area contributed by atoms with E-state index in [2.05, 4.69) is 40.0 Å². The number of piperazine rings is 1. The molecule has 0 spiro atoms. The number of amides is 2. The summed E-state index contributed by atoms with van der Waals surface area (Å²) < 4.78 is 0. The third-order valence-corrected chi connectivity index (χ3v) is 5.97. The number of rotatable bonds is 7. The van der Waals surface area contributed by atoms with E-state index in [1.165, 1.54) is 23.6 Å². The van der Waals surface area contributed by atoms with Crippen molar-refractivity contribution in [1.29, 1.82) is 0 Å². The van der Waals surface area contributed by atoms with Crippen molar-refractivity contribution in [3.05, 3.63) is 90.0 Å². The fraction of sp³-hybridized carbons (Fsp3) is 0.308. The second-order valence-corrected chi connectivity index (χ2v) is 8.21. The standard InChI is InChI=1S/C26H29N5O2/c1-21-7-5-6-10-24(21)29-15-17-30(18-16-29)25(32)11-14-31(20-22-8-3-2-4-9-22)26(33)23-19-27-12-13-28-23/h2-10,12-13,19H,11,14-18,20H2,1H3. The molecule has 1 aliphatic rings.